The Balaban J connectivity index is 0.00000288. The highest BCUT2D eigenvalue weighted by Crippen LogP contribution is 2.26. The van der Waals surface area contributed by atoms with Gasteiger partial charge in [-0.3, -0.25) is 9.59 Å². The molecule has 1 saturated carbocycles. The molecule has 24 heavy (non-hydrogen) atoms. The molecule has 2 rings (SSSR count). The minimum Gasteiger partial charge on any atom is -0.330 e. The number of nitrogens with one attached hydrogen (secondary N) is 2. The van der Waals surface area contributed by atoms with Gasteiger partial charge >= 0.3 is 0 Å². The van der Waals surface area contributed by atoms with Crippen LogP contribution in [0.25, 0.3) is 0 Å². The van der Waals surface area contributed by atoms with Crippen LogP contribution in [0.2, 0.25) is 0 Å². The molecule has 7 heteroatoms. The van der Waals surface area contributed by atoms with Crippen molar-refractivity contribution in [3.8, 4) is 0 Å². The highest BCUT2D eigenvalue weighted by molar-refractivity contribution is 5.95. The fourth-order valence-electron chi connectivity index (χ4n) is 2.78. The lowest BCUT2D eigenvalue weighted by molar-refractivity contribution is -0.120. The maximum absolute atomic E-state index is 13.9. The van der Waals surface area contributed by atoms with E-state index in [1.54, 1.807) is 0 Å². The molecule has 4 N–H and O–H groups in total. The minimum atomic E-state index is -0.505. The van der Waals surface area contributed by atoms with Crippen LogP contribution in [0.5, 0.6) is 0 Å². The van der Waals surface area contributed by atoms with Gasteiger partial charge in [0.25, 0.3) is 0 Å². The van der Waals surface area contributed by atoms with Crippen LogP contribution in [-0.4, -0.2) is 18.4 Å². The number of hydrogen-bond acceptors (Lipinski definition) is 3. The van der Waals surface area contributed by atoms with Gasteiger partial charge in [-0.2, -0.15) is 0 Å². The number of rotatable bonds is 6. The van der Waals surface area contributed by atoms with Crippen LogP contribution >= 0.6 is 12.4 Å². The van der Waals surface area contributed by atoms with E-state index in [-0.39, 0.29) is 35.8 Å². The second-order valence-corrected chi connectivity index (χ2v) is 5.96. The molecule has 1 aliphatic rings. The first kappa shape index (κ1) is 20.4. The van der Waals surface area contributed by atoms with Gasteiger partial charge in [-0.25, -0.2) is 4.39 Å². The van der Waals surface area contributed by atoms with E-state index in [4.69, 9.17) is 5.73 Å². The number of nitrogens with two attached hydrogens (primary N) is 1. The van der Waals surface area contributed by atoms with Crippen molar-refractivity contribution in [1.29, 1.82) is 0 Å². The molecule has 0 bridgehead atoms. The number of anilines is 2. The van der Waals surface area contributed by atoms with Crippen LogP contribution in [0.15, 0.2) is 18.2 Å². The molecule has 0 atom stereocenters. The summed E-state index contributed by atoms with van der Waals surface area (Å²) in [6.07, 6.45) is 5.85. The third-order valence-corrected chi connectivity index (χ3v) is 4.09. The van der Waals surface area contributed by atoms with Gasteiger partial charge in [-0.1, -0.05) is 19.3 Å². The van der Waals surface area contributed by atoms with E-state index in [0.717, 1.165) is 32.1 Å². The first-order valence-electron chi connectivity index (χ1n) is 8.20. The number of carbonyl (C=O) groups is 2. The van der Waals surface area contributed by atoms with Gasteiger partial charge < -0.3 is 16.4 Å². The molecule has 134 valence electrons. The molecule has 0 aromatic heterocycles. The summed E-state index contributed by atoms with van der Waals surface area (Å²) in [5.74, 6) is -0.873. The molecule has 0 radical (unpaired) electrons. The molecular weight excluding hydrogens is 333 g/mol. The summed E-state index contributed by atoms with van der Waals surface area (Å²) in [4.78, 5) is 23.9. The van der Waals surface area contributed by atoms with E-state index in [2.05, 4.69) is 10.6 Å². The summed E-state index contributed by atoms with van der Waals surface area (Å²) in [6, 6.07) is 4.18. The molecule has 1 fully saturated rings. The van der Waals surface area contributed by atoms with Crippen molar-refractivity contribution < 1.29 is 14.0 Å². The molecule has 1 aromatic carbocycles. The van der Waals surface area contributed by atoms with Gasteiger partial charge in [0, 0.05) is 18.0 Å². The van der Waals surface area contributed by atoms with Crippen LogP contribution < -0.4 is 16.4 Å². The largest absolute Gasteiger partial charge is 0.330 e. The van der Waals surface area contributed by atoms with Gasteiger partial charge in [0.05, 0.1) is 5.69 Å². The monoisotopic (exact) mass is 357 g/mol. The van der Waals surface area contributed by atoms with Gasteiger partial charge in [-0.05, 0) is 44.0 Å². The zero-order valence-electron chi connectivity index (χ0n) is 13.6. The minimum absolute atomic E-state index is 0. The third-order valence-electron chi connectivity index (χ3n) is 4.09. The molecule has 0 spiro atoms. The lowest BCUT2D eigenvalue weighted by atomic mass is 9.88. The first-order chi connectivity index (χ1) is 11.1. The van der Waals surface area contributed by atoms with Gasteiger partial charge in [0.1, 0.15) is 5.82 Å². The van der Waals surface area contributed by atoms with Crippen LogP contribution in [-0.2, 0) is 9.59 Å². The zero-order chi connectivity index (χ0) is 16.7. The average Bonchev–Trinajstić information content (AvgIpc) is 2.56. The molecular formula is C17H25ClFN3O2. The number of halogens is 2. The Morgan fingerprint density at radius 1 is 1.17 bits per heavy atom. The van der Waals surface area contributed by atoms with E-state index in [1.807, 2.05) is 0 Å². The second-order valence-electron chi connectivity index (χ2n) is 5.96. The fourth-order valence-corrected chi connectivity index (χ4v) is 2.78. The Bertz CT molecular complexity index is 563. The number of benzene rings is 1. The standard InChI is InChI=1S/C17H24FN3O2.ClH/c18-14-9-8-13(20-16(22)7-4-10-19)11-15(14)21-17(23)12-5-2-1-3-6-12;/h8-9,11-12H,1-7,10,19H2,(H,20,22)(H,21,23);1H. The average molecular weight is 358 g/mol. The Morgan fingerprint density at radius 2 is 1.88 bits per heavy atom. The Morgan fingerprint density at radius 3 is 2.54 bits per heavy atom. The zero-order valence-corrected chi connectivity index (χ0v) is 14.5. The predicted molar refractivity (Wildman–Crippen MR) is 95.8 cm³/mol. The maximum Gasteiger partial charge on any atom is 0.227 e. The van der Waals surface area contributed by atoms with Crippen LogP contribution in [0.4, 0.5) is 15.8 Å². The summed E-state index contributed by atoms with van der Waals surface area (Å²) in [5.41, 5.74) is 5.94. The summed E-state index contributed by atoms with van der Waals surface area (Å²) in [5, 5.41) is 5.34. The van der Waals surface area contributed by atoms with E-state index in [9.17, 15) is 14.0 Å². The van der Waals surface area contributed by atoms with Crippen molar-refractivity contribution in [2.45, 2.75) is 44.9 Å². The van der Waals surface area contributed by atoms with Gasteiger partial charge in [0.2, 0.25) is 11.8 Å². The normalized spacial score (nSPS) is 14.6. The predicted octanol–water partition coefficient (Wildman–Crippen LogP) is 3.44. The number of hydrogen-bond donors (Lipinski definition) is 3. The van der Waals surface area contributed by atoms with Crippen molar-refractivity contribution in [2.75, 3.05) is 17.2 Å². The molecule has 0 saturated heterocycles. The molecule has 5 nitrogen and oxygen atoms in total. The van der Waals surface area contributed by atoms with Crippen molar-refractivity contribution in [1.82, 2.24) is 0 Å². The molecule has 0 unspecified atom stereocenters. The summed E-state index contributed by atoms with van der Waals surface area (Å²) < 4.78 is 13.9. The lowest BCUT2D eigenvalue weighted by Gasteiger charge is -2.21. The van der Waals surface area contributed by atoms with Gasteiger partial charge in [0.15, 0.2) is 0 Å². The highest BCUT2D eigenvalue weighted by atomic mass is 35.5. The highest BCUT2D eigenvalue weighted by Gasteiger charge is 2.22. The van der Waals surface area contributed by atoms with Crippen molar-refractivity contribution in [3.63, 3.8) is 0 Å². The molecule has 1 aromatic rings. The smallest absolute Gasteiger partial charge is 0.227 e. The van der Waals surface area contributed by atoms with E-state index in [0.29, 0.717) is 25.1 Å². The molecule has 1 aliphatic carbocycles. The number of amides is 2. The van der Waals surface area contributed by atoms with E-state index in [1.165, 1.54) is 18.2 Å². The van der Waals surface area contributed by atoms with Crippen molar-refractivity contribution in [3.05, 3.63) is 24.0 Å². The van der Waals surface area contributed by atoms with Crippen LogP contribution in [0.1, 0.15) is 44.9 Å². The van der Waals surface area contributed by atoms with Crippen LogP contribution in [0, 0.1) is 11.7 Å². The van der Waals surface area contributed by atoms with Crippen molar-refractivity contribution >= 4 is 35.6 Å². The second kappa shape index (κ2) is 10.3. The SMILES string of the molecule is Cl.NCCCC(=O)Nc1ccc(F)c(NC(=O)C2CCCCC2)c1. The maximum atomic E-state index is 13.9. The summed E-state index contributed by atoms with van der Waals surface area (Å²) in [7, 11) is 0. The Kier molecular flexibility index (Phi) is 8.71. The molecule has 2 amide bonds. The van der Waals surface area contributed by atoms with Gasteiger partial charge in [-0.15, -0.1) is 12.4 Å². The Labute approximate surface area is 148 Å². The molecule has 0 heterocycles. The quantitative estimate of drug-likeness (QED) is 0.729. The topological polar surface area (TPSA) is 84.2 Å². The van der Waals surface area contributed by atoms with Crippen LogP contribution in [0.3, 0.4) is 0 Å². The molecule has 0 aliphatic heterocycles. The summed E-state index contributed by atoms with van der Waals surface area (Å²) in [6.45, 7) is 0.444. The van der Waals surface area contributed by atoms with E-state index < -0.39 is 5.82 Å². The van der Waals surface area contributed by atoms with E-state index >= 15 is 0 Å². The summed E-state index contributed by atoms with van der Waals surface area (Å²) >= 11 is 0. The third kappa shape index (κ3) is 6.09. The lowest BCUT2D eigenvalue weighted by Crippen LogP contribution is -2.25. The number of carbonyl (C=O) groups excluding carboxylic acids is 2. The first-order valence-corrected chi connectivity index (χ1v) is 8.20. The van der Waals surface area contributed by atoms with Crippen molar-refractivity contribution in [2.24, 2.45) is 11.7 Å². The Hall–Kier alpha value is -1.66. The fraction of sp³-hybridized carbons (Fsp3) is 0.529.